The molecule has 5 heteroatoms. The van der Waals surface area contributed by atoms with Gasteiger partial charge in [0.1, 0.15) is 5.82 Å². The zero-order valence-electron chi connectivity index (χ0n) is 12.8. The lowest BCUT2D eigenvalue weighted by Crippen LogP contribution is -2.48. The van der Waals surface area contributed by atoms with Gasteiger partial charge in [0, 0.05) is 19.6 Å². The fourth-order valence-electron chi connectivity index (χ4n) is 2.67. The van der Waals surface area contributed by atoms with Crippen LogP contribution in [0.5, 0.6) is 0 Å². The summed E-state index contributed by atoms with van der Waals surface area (Å²) in [6.45, 7) is 6.78. The number of nitrogens with one attached hydrogen (secondary N) is 1. The van der Waals surface area contributed by atoms with Crippen molar-refractivity contribution in [2.75, 3.05) is 31.1 Å². The summed E-state index contributed by atoms with van der Waals surface area (Å²) >= 11 is 0. The van der Waals surface area contributed by atoms with Crippen LogP contribution in [0.2, 0.25) is 0 Å². The van der Waals surface area contributed by atoms with Gasteiger partial charge in [-0.25, -0.2) is 4.39 Å². The fraction of sp³-hybridized carbons (Fsp3) is 0.625. The Balaban J connectivity index is 2.05. The van der Waals surface area contributed by atoms with E-state index in [1.165, 1.54) is 0 Å². The average Bonchev–Trinajstić information content (AvgIpc) is 2.47. The highest BCUT2D eigenvalue weighted by atomic mass is 19.1. The van der Waals surface area contributed by atoms with Gasteiger partial charge in [-0.2, -0.15) is 0 Å². The summed E-state index contributed by atoms with van der Waals surface area (Å²) < 4.78 is 19.9. The zero-order chi connectivity index (χ0) is 15.2. The maximum Gasteiger partial charge on any atom is 0.146 e. The maximum atomic E-state index is 14.3. The van der Waals surface area contributed by atoms with Crippen molar-refractivity contribution < 1.29 is 14.2 Å². The van der Waals surface area contributed by atoms with E-state index in [1.807, 2.05) is 24.0 Å². The zero-order valence-corrected chi connectivity index (χ0v) is 12.8. The average molecular weight is 296 g/mol. The molecule has 118 valence electrons. The first-order valence-electron chi connectivity index (χ1n) is 7.64. The van der Waals surface area contributed by atoms with Crippen molar-refractivity contribution in [3.05, 3.63) is 29.6 Å². The lowest BCUT2D eigenvalue weighted by Gasteiger charge is -2.37. The summed E-state index contributed by atoms with van der Waals surface area (Å²) in [5, 5.41) is 12.5. The summed E-state index contributed by atoms with van der Waals surface area (Å²) in [6, 6.07) is 5.37. The van der Waals surface area contributed by atoms with Crippen LogP contribution in [-0.4, -0.2) is 43.6 Å². The van der Waals surface area contributed by atoms with E-state index < -0.39 is 0 Å². The molecule has 1 aromatic carbocycles. The highest BCUT2D eigenvalue weighted by molar-refractivity contribution is 5.50. The van der Waals surface area contributed by atoms with Crippen LogP contribution in [0.3, 0.4) is 0 Å². The quantitative estimate of drug-likeness (QED) is 0.787. The molecule has 1 heterocycles. The molecule has 4 nitrogen and oxygen atoms in total. The van der Waals surface area contributed by atoms with E-state index in [1.54, 1.807) is 6.07 Å². The van der Waals surface area contributed by atoms with Crippen LogP contribution in [0.15, 0.2) is 18.2 Å². The van der Waals surface area contributed by atoms with Gasteiger partial charge in [0.25, 0.3) is 0 Å². The van der Waals surface area contributed by atoms with E-state index in [9.17, 15) is 9.50 Å². The van der Waals surface area contributed by atoms with E-state index in [0.717, 1.165) is 18.5 Å². The number of nitrogens with zero attached hydrogens (tertiary/aromatic N) is 1. The Morgan fingerprint density at radius 1 is 1.43 bits per heavy atom. The Morgan fingerprint density at radius 3 is 2.90 bits per heavy atom. The standard InChI is InChI=1S/C16H25FN2O2/c1-3-6-18-8-13-4-5-16(15(17)7-13)19-9-12(2)21-14(10-19)11-20/h4-5,7,12,14,18,20H,3,6,8-11H2,1-2H3. The molecule has 1 aliphatic heterocycles. The molecule has 21 heavy (non-hydrogen) atoms. The number of aliphatic hydroxyl groups is 1. The van der Waals surface area contributed by atoms with Crippen molar-refractivity contribution >= 4 is 5.69 Å². The van der Waals surface area contributed by atoms with Crippen LogP contribution in [0.4, 0.5) is 10.1 Å². The number of halogens is 1. The van der Waals surface area contributed by atoms with Crippen molar-refractivity contribution in [3.63, 3.8) is 0 Å². The molecule has 0 bridgehead atoms. The second kappa shape index (κ2) is 7.73. The molecular weight excluding hydrogens is 271 g/mol. The maximum absolute atomic E-state index is 14.3. The largest absolute Gasteiger partial charge is 0.394 e. The summed E-state index contributed by atoms with van der Waals surface area (Å²) in [5.41, 5.74) is 1.53. The summed E-state index contributed by atoms with van der Waals surface area (Å²) in [4.78, 5) is 1.95. The number of benzene rings is 1. The molecule has 0 aromatic heterocycles. The number of aliphatic hydroxyl groups excluding tert-OH is 1. The van der Waals surface area contributed by atoms with Crippen LogP contribution < -0.4 is 10.2 Å². The smallest absolute Gasteiger partial charge is 0.146 e. The molecule has 1 saturated heterocycles. The molecule has 2 N–H and O–H groups in total. The molecule has 2 atom stereocenters. The summed E-state index contributed by atoms with van der Waals surface area (Å²) in [6.07, 6.45) is 0.801. The Bertz CT molecular complexity index is 456. The molecule has 0 amide bonds. The first kappa shape index (κ1) is 16.2. The monoisotopic (exact) mass is 296 g/mol. The van der Waals surface area contributed by atoms with Gasteiger partial charge < -0.3 is 20.1 Å². The molecule has 1 fully saturated rings. The van der Waals surface area contributed by atoms with Crippen molar-refractivity contribution in [2.45, 2.75) is 39.0 Å². The molecule has 0 radical (unpaired) electrons. The molecule has 0 saturated carbocycles. The number of ether oxygens (including phenoxy) is 1. The number of rotatable bonds is 6. The van der Waals surface area contributed by atoms with Crippen LogP contribution in [-0.2, 0) is 11.3 Å². The summed E-state index contributed by atoms with van der Waals surface area (Å²) in [5.74, 6) is -0.211. The van der Waals surface area contributed by atoms with E-state index in [0.29, 0.717) is 25.3 Å². The molecule has 1 aromatic rings. The normalized spacial score (nSPS) is 22.6. The van der Waals surface area contributed by atoms with Gasteiger partial charge in [-0.3, -0.25) is 0 Å². The second-order valence-electron chi connectivity index (χ2n) is 5.62. The first-order chi connectivity index (χ1) is 10.1. The number of anilines is 1. The number of morpholine rings is 1. The molecule has 2 unspecified atom stereocenters. The third-order valence-electron chi connectivity index (χ3n) is 3.64. The minimum atomic E-state index is -0.251. The Kier molecular flexibility index (Phi) is 5.96. The third kappa shape index (κ3) is 4.40. The minimum absolute atomic E-state index is 0.0128. The van der Waals surface area contributed by atoms with Crippen LogP contribution in [0.1, 0.15) is 25.8 Å². The lowest BCUT2D eigenvalue weighted by atomic mass is 10.1. The van der Waals surface area contributed by atoms with Crippen molar-refractivity contribution in [1.82, 2.24) is 5.32 Å². The first-order valence-corrected chi connectivity index (χ1v) is 7.64. The Hall–Kier alpha value is -1.17. The fourth-order valence-corrected chi connectivity index (χ4v) is 2.67. The van der Waals surface area contributed by atoms with E-state index >= 15 is 0 Å². The molecule has 1 aliphatic rings. The number of hydrogen-bond donors (Lipinski definition) is 2. The van der Waals surface area contributed by atoms with Crippen LogP contribution in [0, 0.1) is 5.82 Å². The van der Waals surface area contributed by atoms with Crippen LogP contribution >= 0.6 is 0 Å². The van der Waals surface area contributed by atoms with Gasteiger partial charge in [-0.15, -0.1) is 0 Å². The highest BCUT2D eigenvalue weighted by Gasteiger charge is 2.26. The van der Waals surface area contributed by atoms with Gasteiger partial charge in [-0.05, 0) is 37.6 Å². The topological polar surface area (TPSA) is 44.7 Å². The van der Waals surface area contributed by atoms with E-state index in [2.05, 4.69) is 12.2 Å². The van der Waals surface area contributed by atoms with E-state index in [-0.39, 0.29) is 24.6 Å². The van der Waals surface area contributed by atoms with E-state index in [4.69, 9.17) is 4.74 Å². The predicted molar refractivity (Wildman–Crippen MR) is 82.0 cm³/mol. The highest BCUT2D eigenvalue weighted by Crippen LogP contribution is 2.24. The van der Waals surface area contributed by atoms with Crippen molar-refractivity contribution in [1.29, 1.82) is 0 Å². The number of hydrogen-bond acceptors (Lipinski definition) is 4. The van der Waals surface area contributed by atoms with Gasteiger partial charge in [0.15, 0.2) is 0 Å². The second-order valence-corrected chi connectivity index (χ2v) is 5.62. The minimum Gasteiger partial charge on any atom is -0.394 e. The molecule has 0 spiro atoms. The Labute approximate surface area is 125 Å². The van der Waals surface area contributed by atoms with Gasteiger partial charge >= 0.3 is 0 Å². The summed E-state index contributed by atoms with van der Waals surface area (Å²) in [7, 11) is 0. The lowest BCUT2D eigenvalue weighted by molar-refractivity contribution is -0.0422. The van der Waals surface area contributed by atoms with Crippen LogP contribution in [0.25, 0.3) is 0 Å². The van der Waals surface area contributed by atoms with Gasteiger partial charge in [0.2, 0.25) is 0 Å². The van der Waals surface area contributed by atoms with Crippen molar-refractivity contribution in [3.8, 4) is 0 Å². The van der Waals surface area contributed by atoms with Gasteiger partial charge in [-0.1, -0.05) is 13.0 Å². The third-order valence-corrected chi connectivity index (χ3v) is 3.64. The SMILES string of the molecule is CCCNCc1ccc(N2CC(C)OC(CO)C2)c(F)c1. The predicted octanol–water partition coefficient (Wildman–Crippen LogP) is 1.91. The van der Waals surface area contributed by atoms with Crippen molar-refractivity contribution in [2.24, 2.45) is 0 Å². The molecule has 2 rings (SSSR count). The van der Waals surface area contributed by atoms with Gasteiger partial charge in [0.05, 0.1) is 24.5 Å². The molecular formula is C16H25FN2O2. The Morgan fingerprint density at radius 2 is 2.24 bits per heavy atom. The molecule has 0 aliphatic carbocycles.